The van der Waals surface area contributed by atoms with Crippen LogP contribution in [0.5, 0.6) is 0 Å². The molecule has 0 spiro atoms. The zero-order chi connectivity index (χ0) is 16.8. The third-order valence-electron chi connectivity index (χ3n) is 4.04. The fraction of sp³-hybridized carbons (Fsp3) is 0.438. The predicted octanol–water partition coefficient (Wildman–Crippen LogP) is 1.50. The van der Waals surface area contributed by atoms with Gasteiger partial charge in [0.15, 0.2) is 0 Å². The van der Waals surface area contributed by atoms with E-state index >= 15 is 0 Å². The van der Waals surface area contributed by atoms with E-state index in [1.54, 1.807) is 17.4 Å². The highest BCUT2D eigenvalue weighted by atomic mass is 32.1. The average molecular weight is 347 g/mol. The van der Waals surface area contributed by atoms with Gasteiger partial charge in [0.1, 0.15) is 0 Å². The van der Waals surface area contributed by atoms with Crippen LogP contribution in [0.15, 0.2) is 35.5 Å². The zero-order valence-electron chi connectivity index (χ0n) is 13.4. The van der Waals surface area contributed by atoms with Crippen LogP contribution in [0.3, 0.4) is 0 Å². The second-order valence-electron chi connectivity index (χ2n) is 5.68. The molecule has 1 aliphatic heterocycles. The average Bonchev–Trinajstić information content (AvgIpc) is 3.24. The SMILES string of the molecule is O=C(NCCn1ccnc1)N1CCCN(C(=O)c2ccsc2)CC1. The summed E-state index contributed by atoms with van der Waals surface area (Å²) in [5.41, 5.74) is 0.734. The highest BCUT2D eigenvalue weighted by molar-refractivity contribution is 7.08. The summed E-state index contributed by atoms with van der Waals surface area (Å²) in [6.07, 6.45) is 6.11. The number of amides is 3. The molecular formula is C16H21N5O2S. The summed E-state index contributed by atoms with van der Waals surface area (Å²) < 4.78 is 1.92. The number of urea groups is 1. The molecule has 0 radical (unpaired) electrons. The number of nitrogens with one attached hydrogen (secondary N) is 1. The molecule has 1 saturated heterocycles. The van der Waals surface area contributed by atoms with E-state index in [-0.39, 0.29) is 11.9 Å². The first-order valence-electron chi connectivity index (χ1n) is 8.04. The molecular weight excluding hydrogens is 326 g/mol. The summed E-state index contributed by atoms with van der Waals surface area (Å²) in [7, 11) is 0. The Morgan fingerprint density at radius 2 is 2.04 bits per heavy atom. The van der Waals surface area contributed by atoms with Gasteiger partial charge in [-0.3, -0.25) is 4.79 Å². The minimum atomic E-state index is -0.0695. The number of rotatable bonds is 4. The van der Waals surface area contributed by atoms with Crippen molar-refractivity contribution >= 4 is 23.3 Å². The lowest BCUT2D eigenvalue weighted by Crippen LogP contribution is -2.43. The summed E-state index contributed by atoms with van der Waals surface area (Å²) in [5.74, 6) is 0.0543. The van der Waals surface area contributed by atoms with Crippen molar-refractivity contribution in [3.05, 3.63) is 41.1 Å². The first-order chi connectivity index (χ1) is 11.7. The fourth-order valence-corrected chi connectivity index (χ4v) is 3.34. The molecule has 8 heteroatoms. The van der Waals surface area contributed by atoms with Crippen molar-refractivity contribution in [2.45, 2.75) is 13.0 Å². The molecule has 7 nitrogen and oxygen atoms in total. The van der Waals surface area contributed by atoms with Gasteiger partial charge in [0, 0.05) is 57.0 Å². The van der Waals surface area contributed by atoms with Crippen molar-refractivity contribution in [1.29, 1.82) is 0 Å². The number of carbonyl (C=O) groups excluding carboxylic acids is 2. The van der Waals surface area contributed by atoms with E-state index in [0.29, 0.717) is 39.3 Å². The number of hydrogen-bond donors (Lipinski definition) is 1. The molecule has 3 heterocycles. The summed E-state index contributed by atoms with van der Waals surface area (Å²) >= 11 is 1.52. The Morgan fingerprint density at radius 1 is 1.21 bits per heavy atom. The number of imidazole rings is 1. The summed E-state index contributed by atoms with van der Waals surface area (Å²) in [6, 6.07) is 1.78. The van der Waals surface area contributed by atoms with E-state index in [2.05, 4.69) is 10.3 Å². The van der Waals surface area contributed by atoms with Crippen LogP contribution in [0, 0.1) is 0 Å². The van der Waals surface area contributed by atoms with Crippen LogP contribution >= 0.6 is 11.3 Å². The molecule has 3 amide bonds. The number of thiophene rings is 1. The highest BCUT2D eigenvalue weighted by Gasteiger charge is 2.22. The molecule has 128 valence electrons. The van der Waals surface area contributed by atoms with E-state index in [1.807, 2.05) is 32.5 Å². The standard InChI is InChI=1S/C16H21N5O2S/c22-15(14-2-11-24-12-14)20-5-1-6-21(10-9-20)16(23)18-4-8-19-7-3-17-13-19/h2-3,7,11-13H,1,4-6,8-10H2,(H,18,23). The van der Waals surface area contributed by atoms with Crippen LogP contribution in [0.1, 0.15) is 16.8 Å². The molecule has 0 atom stereocenters. The van der Waals surface area contributed by atoms with Crippen molar-refractivity contribution in [3.63, 3.8) is 0 Å². The van der Waals surface area contributed by atoms with Crippen molar-refractivity contribution in [2.75, 3.05) is 32.7 Å². The zero-order valence-corrected chi connectivity index (χ0v) is 14.2. The van der Waals surface area contributed by atoms with Crippen molar-refractivity contribution in [3.8, 4) is 0 Å². The van der Waals surface area contributed by atoms with Crippen molar-refractivity contribution < 1.29 is 9.59 Å². The lowest BCUT2D eigenvalue weighted by Gasteiger charge is -2.22. The van der Waals surface area contributed by atoms with Crippen LogP contribution in [0.2, 0.25) is 0 Å². The molecule has 0 aromatic carbocycles. The molecule has 0 unspecified atom stereocenters. The van der Waals surface area contributed by atoms with E-state index in [0.717, 1.165) is 12.0 Å². The molecule has 24 heavy (non-hydrogen) atoms. The number of nitrogens with zero attached hydrogens (tertiary/aromatic N) is 4. The number of hydrogen-bond acceptors (Lipinski definition) is 4. The van der Waals surface area contributed by atoms with Gasteiger partial charge in [-0.25, -0.2) is 9.78 Å². The molecule has 3 rings (SSSR count). The number of carbonyl (C=O) groups is 2. The maximum absolute atomic E-state index is 12.4. The predicted molar refractivity (Wildman–Crippen MR) is 92.0 cm³/mol. The van der Waals surface area contributed by atoms with Gasteiger partial charge in [-0.1, -0.05) is 0 Å². The van der Waals surface area contributed by atoms with Gasteiger partial charge in [0.2, 0.25) is 0 Å². The maximum Gasteiger partial charge on any atom is 0.317 e. The topological polar surface area (TPSA) is 70.5 Å². The smallest absolute Gasteiger partial charge is 0.317 e. The van der Waals surface area contributed by atoms with Crippen molar-refractivity contribution in [1.82, 2.24) is 24.7 Å². The largest absolute Gasteiger partial charge is 0.337 e. The Hall–Kier alpha value is -2.35. The van der Waals surface area contributed by atoms with E-state index in [1.165, 1.54) is 11.3 Å². The molecule has 2 aromatic rings. The Labute approximate surface area is 144 Å². The van der Waals surface area contributed by atoms with Gasteiger partial charge in [0.05, 0.1) is 11.9 Å². The molecule has 2 aromatic heterocycles. The lowest BCUT2D eigenvalue weighted by atomic mass is 10.3. The monoisotopic (exact) mass is 347 g/mol. The quantitative estimate of drug-likeness (QED) is 0.911. The summed E-state index contributed by atoms with van der Waals surface area (Å²) in [4.78, 5) is 32.3. The summed E-state index contributed by atoms with van der Waals surface area (Å²) in [6.45, 7) is 3.75. The van der Waals surface area contributed by atoms with Gasteiger partial charge >= 0.3 is 6.03 Å². The Morgan fingerprint density at radius 3 is 2.79 bits per heavy atom. The van der Waals surface area contributed by atoms with E-state index < -0.39 is 0 Å². The minimum absolute atomic E-state index is 0.0543. The van der Waals surface area contributed by atoms with Crippen LogP contribution < -0.4 is 5.32 Å². The second-order valence-corrected chi connectivity index (χ2v) is 6.46. The Balaban J connectivity index is 1.46. The minimum Gasteiger partial charge on any atom is -0.337 e. The highest BCUT2D eigenvalue weighted by Crippen LogP contribution is 2.12. The van der Waals surface area contributed by atoms with Crippen LogP contribution in [-0.4, -0.2) is 64.0 Å². The molecule has 1 aliphatic rings. The van der Waals surface area contributed by atoms with Crippen LogP contribution in [0.25, 0.3) is 0 Å². The third kappa shape index (κ3) is 4.14. The Kier molecular flexibility index (Phi) is 5.47. The third-order valence-corrected chi connectivity index (χ3v) is 4.73. The molecule has 1 fully saturated rings. The molecule has 0 bridgehead atoms. The van der Waals surface area contributed by atoms with Gasteiger partial charge in [-0.2, -0.15) is 11.3 Å². The molecule has 0 aliphatic carbocycles. The van der Waals surface area contributed by atoms with E-state index in [9.17, 15) is 9.59 Å². The second kappa shape index (κ2) is 7.96. The van der Waals surface area contributed by atoms with Crippen molar-refractivity contribution in [2.24, 2.45) is 0 Å². The van der Waals surface area contributed by atoms with Gasteiger partial charge in [0.25, 0.3) is 5.91 Å². The first-order valence-corrected chi connectivity index (χ1v) is 8.98. The van der Waals surface area contributed by atoms with Gasteiger partial charge in [-0.15, -0.1) is 0 Å². The first kappa shape index (κ1) is 16.5. The van der Waals surface area contributed by atoms with Gasteiger partial charge in [-0.05, 0) is 17.9 Å². The molecule has 1 N–H and O–H groups in total. The van der Waals surface area contributed by atoms with Crippen LogP contribution in [0.4, 0.5) is 4.79 Å². The van der Waals surface area contributed by atoms with Gasteiger partial charge < -0.3 is 19.7 Å². The summed E-state index contributed by atoms with van der Waals surface area (Å²) in [5, 5.41) is 6.70. The Bertz CT molecular complexity index is 656. The fourth-order valence-electron chi connectivity index (χ4n) is 2.72. The van der Waals surface area contributed by atoms with E-state index in [4.69, 9.17) is 0 Å². The number of aromatic nitrogens is 2. The maximum atomic E-state index is 12.4. The normalized spacial score (nSPS) is 15.2. The van der Waals surface area contributed by atoms with Crippen LogP contribution in [-0.2, 0) is 6.54 Å². The molecule has 0 saturated carbocycles. The lowest BCUT2D eigenvalue weighted by molar-refractivity contribution is 0.0763.